The van der Waals surface area contributed by atoms with Gasteiger partial charge in [0.05, 0.1) is 13.2 Å². The van der Waals surface area contributed by atoms with E-state index in [9.17, 15) is 4.79 Å². The molecule has 0 spiro atoms. The number of hydrogen-bond donors (Lipinski definition) is 0. The van der Waals surface area contributed by atoms with Gasteiger partial charge < -0.3 is 9.64 Å². The molecule has 0 bridgehead atoms. The molecule has 0 N–H and O–H groups in total. The lowest BCUT2D eigenvalue weighted by Gasteiger charge is -2.17. The van der Waals surface area contributed by atoms with Gasteiger partial charge in [0.1, 0.15) is 5.78 Å². The number of carbonyl (C=O) groups is 1. The van der Waals surface area contributed by atoms with Crippen LogP contribution in [0.5, 0.6) is 0 Å². The van der Waals surface area contributed by atoms with Crippen LogP contribution in [0.3, 0.4) is 0 Å². The normalized spacial score (nSPS) is 12.1. The molecule has 0 rings (SSSR count). The summed E-state index contributed by atoms with van der Waals surface area (Å²) in [5.41, 5.74) is 0.251. The van der Waals surface area contributed by atoms with Crippen molar-refractivity contribution in [2.24, 2.45) is 5.41 Å². The first-order chi connectivity index (χ1) is 7.31. The number of Topliss-reactive ketones (excluding diaryl/α,β-unsaturated/α-hetero) is 1. The van der Waals surface area contributed by atoms with Crippen LogP contribution in [0.1, 0.15) is 40.0 Å². The Labute approximate surface area is 100 Å². The minimum Gasteiger partial charge on any atom is -0.380 e. The van der Waals surface area contributed by atoms with Crippen LogP contribution in [0.15, 0.2) is 0 Å². The van der Waals surface area contributed by atoms with E-state index in [1.807, 2.05) is 14.1 Å². The van der Waals surface area contributed by atoms with Crippen LogP contribution >= 0.6 is 0 Å². The third-order valence-corrected chi connectivity index (χ3v) is 2.36. The Balaban J connectivity index is 3.38. The smallest absolute Gasteiger partial charge is 0.135 e. The average molecular weight is 229 g/mol. The molecule has 0 atom stereocenters. The number of hydrogen-bond acceptors (Lipinski definition) is 3. The zero-order chi connectivity index (χ0) is 12.6. The third kappa shape index (κ3) is 11.7. The Morgan fingerprint density at radius 1 is 1.12 bits per heavy atom. The molecule has 0 saturated carbocycles. The fourth-order valence-electron chi connectivity index (χ4n) is 1.17. The lowest BCUT2D eigenvalue weighted by atomic mass is 9.89. The van der Waals surface area contributed by atoms with Gasteiger partial charge in [0.15, 0.2) is 0 Å². The Hall–Kier alpha value is -0.410. The molecule has 3 heteroatoms. The van der Waals surface area contributed by atoms with Crippen LogP contribution in [0.2, 0.25) is 0 Å². The van der Waals surface area contributed by atoms with Gasteiger partial charge in [-0.25, -0.2) is 0 Å². The van der Waals surface area contributed by atoms with Crippen LogP contribution < -0.4 is 0 Å². The highest BCUT2D eigenvalue weighted by Gasteiger charge is 2.12. The van der Waals surface area contributed by atoms with Gasteiger partial charge in [-0.2, -0.15) is 0 Å². The predicted molar refractivity (Wildman–Crippen MR) is 67.7 cm³/mol. The van der Waals surface area contributed by atoms with E-state index in [0.29, 0.717) is 31.8 Å². The van der Waals surface area contributed by atoms with Crippen molar-refractivity contribution in [2.75, 3.05) is 33.9 Å². The van der Waals surface area contributed by atoms with Crippen LogP contribution in [0.25, 0.3) is 0 Å². The first-order valence-corrected chi connectivity index (χ1v) is 6.05. The predicted octanol–water partition coefficient (Wildman–Crippen LogP) is 2.35. The number of ether oxygens (including phenoxy) is 1. The zero-order valence-corrected chi connectivity index (χ0v) is 11.5. The molecule has 0 aliphatic carbocycles. The maximum atomic E-state index is 11.5. The summed E-state index contributed by atoms with van der Waals surface area (Å²) in [4.78, 5) is 13.6. The van der Waals surface area contributed by atoms with E-state index in [4.69, 9.17) is 4.74 Å². The molecular formula is C13H27NO2. The van der Waals surface area contributed by atoms with Crippen LogP contribution in [-0.4, -0.2) is 44.5 Å². The summed E-state index contributed by atoms with van der Waals surface area (Å²) in [5, 5.41) is 0. The molecule has 0 radical (unpaired) electrons. The number of rotatable bonds is 8. The lowest BCUT2D eigenvalue weighted by molar-refractivity contribution is -0.120. The summed E-state index contributed by atoms with van der Waals surface area (Å²) < 4.78 is 5.38. The van der Waals surface area contributed by atoms with Crippen molar-refractivity contribution in [2.45, 2.75) is 40.0 Å². The average Bonchev–Trinajstić information content (AvgIpc) is 2.12. The quantitative estimate of drug-likeness (QED) is 0.598. The fourth-order valence-corrected chi connectivity index (χ4v) is 1.17. The van der Waals surface area contributed by atoms with Crippen molar-refractivity contribution in [3.8, 4) is 0 Å². The molecule has 0 fully saturated rings. The second kappa shape index (κ2) is 7.80. The van der Waals surface area contributed by atoms with Gasteiger partial charge in [0, 0.05) is 19.4 Å². The van der Waals surface area contributed by atoms with Gasteiger partial charge >= 0.3 is 0 Å². The molecular weight excluding hydrogens is 202 g/mol. The number of ketones is 1. The second-order valence-electron chi connectivity index (χ2n) is 5.76. The molecule has 0 amide bonds. The van der Waals surface area contributed by atoms with Crippen molar-refractivity contribution in [3.63, 3.8) is 0 Å². The highest BCUT2D eigenvalue weighted by Crippen LogP contribution is 2.20. The van der Waals surface area contributed by atoms with Gasteiger partial charge in [0.25, 0.3) is 0 Å². The van der Waals surface area contributed by atoms with Crippen molar-refractivity contribution in [3.05, 3.63) is 0 Å². The summed E-state index contributed by atoms with van der Waals surface area (Å²) in [7, 11) is 4.02. The van der Waals surface area contributed by atoms with E-state index >= 15 is 0 Å². The zero-order valence-electron chi connectivity index (χ0n) is 11.5. The van der Waals surface area contributed by atoms with Gasteiger partial charge in [0.2, 0.25) is 0 Å². The van der Waals surface area contributed by atoms with E-state index in [0.717, 1.165) is 13.0 Å². The summed E-state index contributed by atoms with van der Waals surface area (Å²) >= 11 is 0. The standard InChI is InChI=1S/C13H27NO2/c1-13(2,3)8-6-12(15)7-10-16-11-9-14(4)5/h6-11H2,1-5H3. The minimum absolute atomic E-state index is 0.251. The van der Waals surface area contributed by atoms with E-state index in [-0.39, 0.29) is 5.41 Å². The van der Waals surface area contributed by atoms with E-state index in [1.54, 1.807) is 0 Å². The molecule has 0 aromatic rings. The van der Waals surface area contributed by atoms with Crippen molar-refractivity contribution < 1.29 is 9.53 Å². The Kier molecular flexibility index (Phi) is 7.60. The van der Waals surface area contributed by atoms with Crippen LogP contribution in [-0.2, 0) is 9.53 Å². The van der Waals surface area contributed by atoms with Gasteiger partial charge in [-0.15, -0.1) is 0 Å². The number of carbonyl (C=O) groups excluding carboxylic acids is 1. The topological polar surface area (TPSA) is 29.5 Å². The molecule has 0 heterocycles. The first-order valence-electron chi connectivity index (χ1n) is 6.05. The maximum absolute atomic E-state index is 11.5. The van der Waals surface area contributed by atoms with E-state index in [2.05, 4.69) is 25.7 Å². The SMILES string of the molecule is CN(C)CCOCCC(=O)CCC(C)(C)C. The van der Waals surface area contributed by atoms with Gasteiger partial charge in [-0.05, 0) is 25.9 Å². The largest absolute Gasteiger partial charge is 0.380 e. The molecule has 16 heavy (non-hydrogen) atoms. The summed E-state index contributed by atoms with van der Waals surface area (Å²) in [6, 6.07) is 0. The molecule has 96 valence electrons. The third-order valence-electron chi connectivity index (χ3n) is 2.36. The van der Waals surface area contributed by atoms with Crippen molar-refractivity contribution >= 4 is 5.78 Å². The summed E-state index contributed by atoms with van der Waals surface area (Å²) in [6.07, 6.45) is 2.20. The van der Waals surface area contributed by atoms with Gasteiger partial charge in [-0.1, -0.05) is 20.8 Å². The minimum atomic E-state index is 0.251. The van der Waals surface area contributed by atoms with Crippen molar-refractivity contribution in [1.82, 2.24) is 4.90 Å². The van der Waals surface area contributed by atoms with E-state index < -0.39 is 0 Å². The number of nitrogens with zero attached hydrogens (tertiary/aromatic N) is 1. The molecule has 0 saturated heterocycles. The van der Waals surface area contributed by atoms with Crippen molar-refractivity contribution in [1.29, 1.82) is 0 Å². The highest BCUT2D eigenvalue weighted by atomic mass is 16.5. The Bertz CT molecular complexity index is 195. The molecule has 0 aliphatic heterocycles. The fraction of sp³-hybridized carbons (Fsp3) is 0.923. The van der Waals surface area contributed by atoms with E-state index in [1.165, 1.54) is 0 Å². The summed E-state index contributed by atoms with van der Waals surface area (Å²) in [6.45, 7) is 8.67. The van der Waals surface area contributed by atoms with Crippen LogP contribution in [0.4, 0.5) is 0 Å². The second-order valence-corrected chi connectivity index (χ2v) is 5.76. The molecule has 0 aliphatic rings. The lowest BCUT2D eigenvalue weighted by Crippen LogP contribution is -2.19. The molecule has 3 nitrogen and oxygen atoms in total. The molecule has 0 aromatic heterocycles. The summed E-state index contributed by atoms with van der Waals surface area (Å²) in [5.74, 6) is 0.319. The van der Waals surface area contributed by atoms with Crippen LogP contribution in [0, 0.1) is 5.41 Å². The first kappa shape index (κ1) is 15.6. The monoisotopic (exact) mass is 229 g/mol. The highest BCUT2D eigenvalue weighted by molar-refractivity contribution is 5.78. The molecule has 0 unspecified atom stereocenters. The maximum Gasteiger partial charge on any atom is 0.135 e. The Morgan fingerprint density at radius 3 is 2.25 bits per heavy atom. The van der Waals surface area contributed by atoms with Gasteiger partial charge in [-0.3, -0.25) is 4.79 Å². The Morgan fingerprint density at radius 2 is 1.75 bits per heavy atom. The number of likely N-dealkylation sites (N-methyl/N-ethyl adjacent to an activating group) is 1. The molecule has 0 aromatic carbocycles.